The fourth-order valence-electron chi connectivity index (χ4n) is 4.79. The van der Waals surface area contributed by atoms with Gasteiger partial charge < -0.3 is 4.90 Å². The number of benzene rings is 2. The van der Waals surface area contributed by atoms with Gasteiger partial charge in [-0.25, -0.2) is 4.98 Å². The van der Waals surface area contributed by atoms with E-state index in [1.54, 1.807) is 0 Å². The topological polar surface area (TPSA) is 36.7 Å². The Hall–Kier alpha value is -2.89. The van der Waals surface area contributed by atoms with Gasteiger partial charge in [0.2, 0.25) is 0 Å². The predicted octanol–water partition coefficient (Wildman–Crippen LogP) is 6.29. The van der Waals surface area contributed by atoms with Crippen LogP contribution < -0.4 is 4.90 Å². The number of hydrogen-bond donors (Lipinski definition) is 0. The number of fused-ring (bicyclic) bond motifs is 1. The molecule has 0 radical (unpaired) electrons. The molecular weight excluding hydrogens is 454 g/mol. The molecule has 0 saturated carbocycles. The summed E-state index contributed by atoms with van der Waals surface area (Å²) in [6, 6.07) is 16.9. The van der Waals surface area contributed by atoms with Crippen LogP contribution in [0.15, 0.2) is 54.7 Å². The van der Waals surface area contributed by atoms with Gasteiger partial charge in [0.1, 0.15) is 5.82 Å². The van der Waals surface area contributed by atoms with E-state index in [1.807, 2.05) is 35.0 Å². The quantitative estimate of drug-likeness (QED) is 0.339. The van der Waals surface area contributed by atoms with Crippen molar-refractivity contribution in [1.29, 1.82) is 0 Å². The van der Waals surface area contributed by atoms with Crippen molar-refractivity contribution in [3.63, 3.8) is 0 Å². The smallest absolute Gasteiger partial charge is 0.165 e. The standard InChI is InChI=1S/C29H34ClN5/c1-20-6-7-23(21(2)16-20)19-33-12-14-34(15-13-33)27-17-26(29(3,4)5)32-28-25(18-31-35(27)28)22-8-10-24(30)11-9-22/h6-11,16-18H,12-15,19H2,1-5H3. The first kappa shape index (κ1) is 23.8. The lowest BCUT2D eigenvalue weighted by Crippen LogP contribution is -2.46. The Balaban J connectivity index is 1.44. The zero-order valence-electron chi connectivity index (χ0n) is 21.3. The minimum atomic E-state index is -0.0666. The van der Waals surface area contributed by atoms with E-state index >= 15 is 0 Å². The number of halogens is 1. The largest absolute Gasteiger partial charge is 0.354 e. The molecule has 0 spiro atoms. The molecule has 2 aromatic carbocycles. The fraction of sp³-hybridized carbons (Fsp3) is 0.379. The predicted molar refractivity (Wildman–Crippen MR) is 146 cm³/mol. The maximum atomic E-state index is 6.13. The monoisotopic (exact) mass is 487 g/mol. The summed E-state index contributed by atoms with van der Waals surface area (Å²) >= 11 is 6.13. The Labute approximate surface area is 213 Å². The molecule has 0 N–H and O–H groups in total. The van der Waals surface area contributed by atoms with Crippen LogP contribution in [0.5, 0.6) is 0 Å². The van der Waals surface area contributed by atoms with E-state index in [4.69, 9.17) is 21.7 Å². The lowest BCUT2D eigenvalue weighted by Gasteiger charge is -2.36. The molecule has 3 heterocycles. The lowest BCUT2D eigenvalue weighted by molar-refractivity contribution is 0.248. The Kier molecular flexibility index (Phi) is 6.32. The van der Waals surface area contributed by atoms with Gasteiger partial charge in [-0.15, -0.1) is 0 Å². The number of anilines is 1. The summed E-state index contributed by atoms with van der Waals surface area (Å²) in [5.41, 5.74) is 8.14. The third-order valence-electron chi connectivity index (χ3n) is 6.96. The van der Waals surface area contributed by atoms with Crippen LogP contribution in [0.1, 0.15) is 43.2 Å². The minimum absolute atomic E-state index is 0.0666. The van der Waals surface area contributed by atoms with Crippen LogP contribution in [-0.4, -0.2) is 45.7 Å². The molecular formula is C29H34ClN5. The Morgan fingerprint density at radius 2 is 1.63 bits per heavy atom. The molecule has 5 rings (SSSR count). The zero-order chi connectivity index (χ0) is 24.7. The van der Waals surface area contributed by atoms with Crippen molar-refractivity contribution in [2.24, 2.45) is 0 Å². The van der Waals surface area contributed by atoms with Gasteiger partial charge in [-0.2, -0.15) is 9.61 Å². The van der Waals surface area contributed by atoms with Gasteiger partial charge in [-0.1, -0.05) is 68.3 Å². The molecule has 0 amide bonds. The average Bonchev–Trinajstić information content (AvgIpc) is 3.25. The molecule has 1 aliphatic heterocycles. The minimum Gasteiger partial charge on any atom is -0.354 e. The normalized spacial score (nSPS) is 15.2. The summed E-state index contributed by atoms with van der Waals surface area (Å²) in [6.07, 6.45) is 1.93. The third kappa shape index (κ3) is 4.93. The zero-order valence-corrected chi connectivity index (χ0v) is 22.1. The lowest BCUT2D eigenvalue weighted by atomic mass is 9.91. The number of piperazine rings is 1. The Bertz CT molecular complexity index is 1340. The van der Waals surface area contributed by atoms with Gasteiger partial charge in [0.25, 0.3) is 0 Å². The van der Waals surface area contributed by atoms with Crippen molar-refractivity contribution < 1.29 is 0 Å². The van der Waals surface area contributed by atoms with Gasteiger partial charge in [0, 0.05) is 54.8 Å². The van der Waals surface area contributed by atoms with Crippen molar-refractivity contribution in [2.75, 3.05) is 31.1 Å². The summed E-state index contributed by atoms with van der Waals surface area (Å²) in [6.45, 7) is 16.0. The summed E-state index contributed by atoms with van der Waals surface area (Å²) in [5, 5.41) is 5.52. The Morgan fingerprint density at radius 1 is 0.914 bits per heavy atom. The van der Waals surface area contributed by atoms with Gasteiger partial charge in [-0.3, -0.25) is 4.90 Å². The van der Waals surface area contributed by atoms with Gasteiger partial charge in [0.15, 0.2) is 5.65 Å². The van der Waals surface area contributed by atoms with Crippen molar-refractivity contribution in [3.05, 3.63) is 82.1 Å². The Morgan fingerprint density at radius 3 is 2.29 bits per heavy atom. The molecule has 5 nitrogen and oxygen atoms in total. The number of aromatic nitrogens is 3. The summed E-state index contributed by atoms with van der Waals surface area (Å²) in [5.74, 6) is 1.12. The number of rotatable bonds is 4. The SMILES string of the molecule is Cc1ccc(CN2CCN(c3cc(C(C)(C)C)nc4c(-c5ccc(Cl)cc5)cnn34)CC2)c(C)c1. The van der Waals surface area contributed by atoms with Crippen molar-refractivity contribution in [3.8, 4) is 11.1 Å². The molecule has 4 aromatic rings. The molecule has 0 atom stereocenters. The summed E-state index contributed by atoms with van der Waals surface area (Å²) in [7, 11) is 0. The second kappa shape index (κ2) is 9.29. The van der Waals surface area contributed by atoms with Crippen LogP contribution in [0.25, 0.3) is 16.8 Å². The number of hydrogen-bond acceptors (Lipinski definition) is 4. The van der Waals surface area contributed by atoms with Crippen molar-refractivity contribution >= 4 is 23.1 Å². The van der Waals surface area contributed by atoms with Gasteiger partial charge in [0.05, 0.1) is 11.9 Å². The maximum Gasteiger partial charge on any atom is 0.165 e. The summed E-state index contributed by atoms with van der Waals surface area (Å²) < 4.78 is 2.01. The van der Waals surface area contributed by atoms with E-state index in [0.29, 0.717) is 0 Å². The highest BCUT2D eigenvalue weighted by atomic mass is 35.5. The average molecular weight is 488 g/mol. The van der Waals surface area contributed by atoms with Crippen molar-refractivity contribution in [2.45, 2.75) is 46.6 Å². The van der Waals surface area contributed by atoms with E-state index in [9.17, 15) is 0 Å². The molecule has 182 valence electrons. The number of aryl methyl sites for hydroxylation is 2. The van der Waals surface area contributed by atoms with E-state index in [1.165, 1.54) is 16.7 Å². The molecule has 0 bridgehead atoms. The molecule has 0 unspecified atom stereocenters. The van der Waals surface area contributed by atoms with Crippen LogP contribution in [0.2, 0.25) is 5.02 Å². The second-order valence-electron chi connectivity index (χ2n) is 10.7. The highest BCUT2D eigenvalue weighted by Crippen LogP contribution is 2.32. The van der Waals surface area contributed by atoms with Crippen LogP contribution in [0.3, 0.4) is 0 Å². The first-order valence-electron chi connectivity index (χ1n) is 12.4. The maximum absolute atomic E-state index is 6.13. The summed E-state index contributed by atoms with van der Waals surface area (Å²) in [4.78, 5) is 10.1. The highest BCUT2D eigenvalue weighted by Gasteiger charge is 2.25. The van der Waals surface area contributed by atoms with E-state index in [-0.39, 0.29) is 5.41 Å². The molecule has 35 heavy (non-hydrogen) atoms. The van der Waals surface area contributed by atoms with E-state index in [2.05, 4.69) is 68.7 Å². The highest BCUT2D eigenvalue weighted by molar-refractivity contribution is 6.30. The number of nitrogens with zero attached hydrogens (tertiary/aromatic N) is 5. The molecule has 0 aliphatic carbocycles. The van der Waals surface area contributed by atoms with Crippen LogP contribution in [0.4, 0.5) is 5.82 Å². The first-order valence-corrected chi connectivity index (χ1v) is 12.8. The molecule has 6 heteroatoms. The van der Waals surface area contributed by atoms with Crippen LogP contribution in [-0.2, 0) is 12.0 Å². The molecule has 1 fully saturated rings. The van der Waals surface area contributed by atoms with E-state index < -0.39 is 0 Å². The van der Waals surface area contributed by atoms with Crippen molar-refractivity contribution in [1.82, 2.24) is 19.5 Å². The first-order chi connectivity index (χ1) is 16.7. The molecule has 1 saturated heterocycles. The van der Waals surface area contributed by atoms with E-state index in [0.717, 1.165) is 66.0 Å². The fourth-order valence-corrected chi connectivity index (χ4v) is 4.91. The van der Waals surface area contributed by atoms with Gasteiger partial charge in [-0.05, 0) is 42.7 Å². The van der Waals surface area contributed by atoms with Crippen LogP contribution >= 0.6 is 11.6 Å². The molecule has 2 aromatic heterocycles. The molecule has 1 aliphatic rings. The third-order valence-corrected chi connectivity index (χ3v) is 7.22. The van der Waals surface area contributed by atoms with Crippen LogP contribution in [0, 0.1) is 13.8 Å². The van der Waals surface area contributed by atoms with Gasteiger partial charge >= 0.3 is 0 Å². The second-order valence-corrected chi connectivity index (χ2v) is 11.2.